The summed E-state index contributed by atoms with van der Waals surface area (Å²) in [5.41, 5.74) is 0.564. The maximum Gasteiger partial charge on any atom is 0.405 e. The van der Waals surface area contributed by atoms with E-state index in [0.717, 1.165) is 0 Å². The molecule has 0 aromatic heterocycles. The van der Waals surface area contributed by atoms with E-state index in [1.54, 1.807) is 29.6 Å². The summed E-state index contributed by atoms with van der Waals surface area (Å²) in [6, 6.07) is 6.49. The third-order valence-corrected chi connectivity index (χ3v) is 2.56. The van der Waals surface area contributed by atoms with Crippen molar-refractivity contribution in [1.82, 2.24) is 5.32 Å². The Morgan fingerprint density at radius 1 is 1.19 bits per heavy atom. The van der Waals surface area contributed by atoms with Crippen LogP contribution in [0.3, 0.4) is 0 Å². The van der Waals surface area contributed by atoms with Crippen molar-refractivity contribution in [3.8, 4) is 5.75 Å². The van der Waals surface area contributed by atoms with Crippen LogP contribution in [-0.4, -0.2) is 31.0 Å². The average molecular weight is 303 g/mol. The molecule has 4 nitrogen and oxygen atoms in total. The van der Waals surface area contributed by atoms with Gasteiger partial charge in [-0.1, -0.05) is 0 Å². The van der Waals surface area contributed by atoms with Gasteiger partial charge in [0.15, 0.2) is 5.78 Å². The van der Waals surface area contributed by atoms with Crippen molar-refractivity contribution >= 4 is 11.7 Å². The lowest BCUT2D eigenvalue weighted by molar-refractivity contribution is -0.138. The number of halogens is 3. The molecular weight excluding hydrogens is 287 g/mol. The number of ketones is 1. The monoisotopic (exact) mass is 303 g/mol. The number of nitrogens with one attached hydrogen (secondary N) is 1. The fourth-order valence-corrected chi connectivity index (χ4v) is 1.50. The highest BCUT2D eigenvalue weighted by molar-refractivity contribution is 5.94. The summed E-state index contributed by atoms with van der Waals surface area (Å²) in [7, 11) is 0. The normalized spacial score (nSPS) is 11.0. The van der Waals surface area contributed by atoms with Crippen molar-refractivity contribution in [2.45, 2.75) is 25.9 Å². The zero-order valence-electron chi connectivity index (χ0n) is 11.5. The van der Waals surface area contributed by atoms with Gasteiger partial charge in [0.2, 0.25) is 5.91 Å². The lowest BCUT2D eigenvalue weighted by Crippen LogP contribution is -2.33. The van der Waals surface area contributed by atoms with Crippen molar-refractivity contribution in [2.24, 2.45) is 0 Å². The Bertz CT molecular complexity index is 483. The van der Waals surface area contributed by atoms with Crippen molar-refractivity contribution in [3.63, 3.8) is 0 Å². The van der Waals surface area contributed by atoms with E-state index in [9.17, 15) is 22.8 Å². The van der Waals surface area contributed by atoms with Crippen LogP contribution in [0.5, 0.6) is 5.75 Å². The van der Waals surface area contributed by atoms with Crippen LogP contribution in [0, 0.1) is 0 Å². The minimum atomic E-state index is -4.40. The Hall–Kier alpha value is -2.05. The number of Topliss-reactive ketones (excluding diaryl/α,β-unsaturated/α-hetero) is 1. The lowest BCUT2D eigenvalue weighted by atomic mass is 10.1. The number of rotatable bonds is 7. The molecule has 0 aliphatic carbocycles. The number of hydrogen-bond donors (Lipinski definition) is 1. The lowest BCUT2D eigenvalue weighted by Gasteiger charge is -2.09. The van der Waals surface area contributed by atoms with Gasteiger partial charge in [0, 0.05) is 12.0 Å². The number of alkyl halides is 3. The van der Waals surface area contributed by atoms with Gasteiger partial charge in [-0.05, 0) is 37.6 Å². The molecule has 0 radical (unpaired) electrons. The quantitative estimate of drug-likeness (QED) is 0.622. The smallest absolute Gasteiger partial charge is 0.405 e. The first kappa shape index (κ1) is 17.0. The van der Waals surface area contributed by atoms with E-state index >= 15 is 0 Å². The van der Waals surface area contributed by atoms with Gasteiger partial charge in [-0.3, -0.25) is 9.59 Å². The van der Waals surface area contributed by atoms with Gasteiger partial charge < -0.3 is 10.1 Å². The highest BCUT2D eigenvalue weighted by atomic mass is 19.4. The van der Waals surface area contributed by atoms with Gasteiger partial charge in [0.25, 0.3) is 0 Å². The standard InChI is InChI=1S/C14H16F3NO3/c1-10(19)11-4-6-12(7-5-11)21-8-2-3-13(20)18-9-14(15,16)17/h4-7H,2-3,8-9H2,1H3,(H,18,20). The number of hydrogen-bond acceptors (Lipinski definition) is 3. The van der Waals surface area contributed by atoms with Gasteiger partial charge in [0.1, 0.15) is 12.3 Å². The Balaban J connectivity index is 2.22. The summed E-state index contributed by atoms with van der Waals surface area (Å²) in [6.07, 6.45) is -4.13. The summed E-state index contributed by atoms with van der Waals surface area (Å²) >= 11 is 0. The molecule has 1 rings (SSSR count). The number of benzene rings is 1. The second kappa shape index (κ2) is 7.66. The minimum absolute atomic E-state index is 0.0401. The number of carbonyl (C=O) groups excluding carboxylic acids is 2. The Kier molecular flexibility index (Phi) is 6.20. The third-order valence-electron chi connectivity index (χ3n) is 2.56. The average Bonchev–Trinajstić information content (AvgIpc) is 2.41. The van der Waals surface area contributed by atoms with Crippen molar-refractivity contribution < 1.29 is 27.5 Å². The molecule has 21 heavy (non-hydrogen) atoms. The zero-order valence-corrected chi connectivity index (χ0v) is 11.5. The van der Waals surface area contributed by atoms with Crippen LogP contribution < -0.4 is 10.1 Å². The third kappa shape index (κ3) is 7.34. The summed E-state index contributed by atoms with van der Waals surface area (Å²) in [6.45, 7) is 0.341. The van der Waals surface area contributed by atoms with Crippen LogP contribution in [0.1, 0.15) is 30.1 Å². The van der Waals surface area contributed by atoms with Crippen LogP contribution in [0.15, 0.2) is 24.3 Å². The molecule has 7 heteroatoms. The van der Waals surface area contributed by atoms with Crippen LogP contribution in [-0.2, 0) is 4.79 Å². The van der Waals surface area contributed by atoms with E-state index in [1.165, 1.54) is 6.92 Å². The van der Waals surface area contributed by atoms with Gasteiger partial charge in [-0.25, -0.2) is 0 Å². The van der Waals surface area contributed by atoms with Gasteiger partial charge in [0.05, 0.1) is 6.61 Å². The SMILES string of the molecule is CC(=O)c1ccc(OCCCC(=O)NCC(F)(F)F)cc1. The van der Waals surface area contributed by atoms with Crippen LogP contribution in [0.4, 0.5) is 13.2 Å². The molecule has 0 unspecified atom stereocenters. The number of ether oxygens (including phenoxy) is 1. The van der Waals surface area contributed by atoms with Gasteiger partial charge in [-0.2, -0.15) is 13.2 Å². The highest BCUT2D eigenvalue weighted by Gasteiger charge is 2.27. The molecule has 0 fully saturated rings. The summed E-state index contributed by atoms with van der Waals surface area (Å²) < 4.78 is 40.9. The largest absolute Gasteiger partial charge is 0.494 e. The van der Waals surface area contributed by atoms with E-state index < -0.39 is 18.6 Å². The molecule has 0 saturated heterocycles. The molecule has 0 atom stereocenters. The molecule has 1 amide bonds. The van der Waals surface area contributed by atoms with E-state index in [4.69, 9.17) is 4.74 Å². The summed E-state index contributed by atoms with van der Waals surface area (Å²) in [5, 5.41) is 1.78. The number of carbonyl (C=O) groups is 2. The fourth-order valence-electron chi connectivity index (χ4n) is 1.50. The van der Waals surface area contributed by atoms with Crippen LogP contribution in [0.25, 0.3) is 0 Å². The zero-order chi connectivity index (χ0) is 15.9. The Labute approximate surface area is 120 Å². The fraction of sp³-hybridized carbons (Fsp3) is 0.429. The van der Waals surface area contributed by atoms with Crippen molar-refractivity contribution in [1.29, 1.82) is 0 Å². The first-order chi connectivity index (χ1) is 9.78. The molecule has 0 bridgehead atoms. The molecule has 1 aromatic carbocycles. The van der Waals surface area contributed by atoms with Crippen LogP contribution >= 0.6 is 0 Å². The predicted octanol–water partition coefficient (Wildman–Crippen LogP) is 2.73. The van der Waals surface area contributed by atoms with E-state index in [1.807, 2.05) is 0 Å². The van der Waals surface area contributed by atoms with Crippen LogP contribution in [0.2, 0.25) is 0 Å². The van der Waals surface area contributed by atoms with Crippen molar-refractivity contribution in [2.75, 3.05) is 13.2 Å². The highest BCUT2D eigenvalue weighted by Crippen LogP contribution is 2.14. The minimum Gasteiger partial charge on any atom is -0.494 e. The van der Waals surface area contributed by atoms with Crippen molar-refractivity contribution in [3.05, 3.63) is 29.8 Å². The topological polar surface area (TPSA) is 55.4 Å². The molecular formula is C14H16F3NO3. The predicted molar refractivity (Wildman–Crippen MR) is 70.2 cm³/mol. The molecule has 1 aromatic rings. The molecule has 0 saturated carbocycles. The molecule has 0 heterocycles. The van der Waals surface area contributed by atoms with E-state index in [2.05, 4.69) is 0 Å². The van der Waals surface area contributed by atoms with Gasteiger partial charge in [-0.15, -0.1) is 0 Å². The Morgan fingerprint density at radius 3 is 2.33 bits per heavy atom. The first-order valence-corrected chi connectivity index (χ1v) is 6.35. The Morgan fingerprint density at radius 2 is 1.81 bits per heavy atom. The van der Waals surface area contributed by atoms with Gasteiger partial charge >= 0.3 is 6.18 Å². The van der Waals surface area contributed by atoms with E-state index in [-0.39, 0.29) is 18.8 Å². The summed E-state index contributed by atoms with van der Waals surface area (Å²) in [5.74, 6) is -0.179. The molecule has 0 aliphatic heterocycles. The summed E-state index contributed by atoms with van der Waals surface area (Å²) in [4.78, 5) is 22.2. The molecule has 1 N–H and O–H groups in total. The molecule has 116 valence electrons. The second-order valence-corrected chi connectivity index (χ2v) is 4.42. The second-order valence-electron chi connectivity index (χ2n) is 4.42. The molecule has 0 aliphatic rings. The number of amides is 1. The van der Waals surface area contributed by atoms with E-state index in [0.29, 0.717) is 17.7 Å². The maximum absolute atomic E-state index is 11.9. The molecule has 0 spiro atoms. The maximum atomic E-state index is 11.9. The first-order valence-electron chi connectivity index (χ1n) is 6.35.